The highest BCUT2D eigenvalue weighted by molar-refractivity contribution is 5.99. The summed E-state index contributed by atoms with van der Waals surface area (Å²) in [5.41, 5.74) is 5.82. The van der Waals surface area contributed by atoms with E-state index in [-0.39, 0.29) is 17.9 Å². The number of rotatable bonds is 6. The maximum Gasteiger partial charge on any atom is 0.329 e. The van der Waals surface area contributed by atoms with Crippen molar-refractivity contribution in [2.45, 2.75) is 64.5 Å². The molecule has 9 nitrogen and oxygen atoms in total. The first-order valence-electron chi connectivity index (χ1n) is 9.48. The molecule has 0 unspecified atom stereocenters. The molecule has 1 spiro atoms. The molecule has 2 saturated carbocycles. The van der Waals surface area contributed by atoms with Crippen molar-refractivity contribution in [2.75, 3.05) is 5.73 Å². The summed E-state index contributed by atoms with van der Waals surface area (Å²) in [6.45, 7) is 2.07. The van der Waals surface area contributed by atoms with Crippen LogP contribution in [0.5, 0.6) is 0 Å². The molecule has 0 radical (unpaired) electrons. The average Bonchev–Trinajstić information content (AvgIpc) is 2.96. The summed E-state index contributed by atoms with van der Waals surface area (Å²) >= 11 is 0. The lowest BCUT2D eigenvalue weighted by Crippen LogP contribution is -2.41. The first-order valence-corrected chi connectivity index (χ1v) is 9.48. The maximum absolute atomic E-state index is 12.6. The van der Waals surface area contributed by atoms with Crippen LogP contribution in [-0.2, 0) is 13.1 Å². The summed E-state index contributed by atoms with van der Waals surface area (Å²) in [6.07, 6.45) is 8.67. The zero-order valence-corrected chi connectivity index (χ0v) is 15.4. The lowest BCUT2D eigenvalue weighted by molar-refractivity contribution is 0.00757. The number of nitrogens with zero attached hydrogens (tertiary/aromatic N) is 4. The van der Waals surface area contributed by atoms with Gasteiger partial charge in [0.15, 0.2) is 5.78 Å². The van der Waals surface area contributed by atoms with Gasteiger partial charge in [-0.1, -0.05) is 18.6 Å². The number of hydrogen-bond donors (Lipinski definition) is 2. The molecular weight excluding hydrogens is 348 g/mol. The van der Waals surface area contributed by atoms with Gasteiger partial charge >= 0.3 is 5.69 Å². The highest BCUT2D eigenvalue weighted by Crippen LogP contribution is 2.61. The molecule has 0 aromatic carbocycles. The monoisotopic (exact) mass is 372 g/mol. The van der Waals surface area contributed by atoms with E-state index < -0.39 is 17.0 Å². The maximum atomic E-state index is 12.6. The topological polar surface area (TPSA) is 129 Å². The van der Waals surface area contributed by atoms with Gasteiger partial charge in [-0.3, -0.25) is 19.1 Å². The second-order valence-electron chi connectivity index (χ2n) is 7.89. The molecule has 0 atom stereocenters. The number of aromatic nitrogens is 5. The Kier molecular flexibility index (Phi) is 4.24. The molecular formula is C18H24N6O3. The van der Waals surface area contributed by atoms with Crippen LogP contribution in [0.25, 0.3) is 0 Å². The predicted octanol–water partition coefficient (Wildman–Crippen LogP) is 1.05. The fraction of sp³-hybridized carbons (Fsp3) is 0.611. The molecule has 0 aliphatic heterocycles. The normalized spacial score (nSPS) is 18.3. The second kappa shape index (κ2) is 6.47. The minimum absolute atomic E-state index is 0.0955. The molecule has 9 heteroatoms. The number of nitrogens with two attached hydrogens (primary N) is 1. The van der Waals surface area contributed by atoms with Gasteiger partial charge in [0.2, 0.25) is 0 Å². The van der Waals surface area contributed by atoms with Crippen LogP contribution in [0.3, 0.4) is 0 Å². The summed E-state index contributed by atoms with van der Waals surface area (Å²) in [5, 5.41) is 8.24. The number of hydrogen-bond acceptors (Lipinski definition) is 6. The van der Waals surface area contributed by atoms with E-state index >= 15 is 0 Å². The summed E-state index contributed by atoms with van der Waals surface area (Å²) in [5.74, 6) is -0.171. The van der Waals surface area contributed by atoms with Crippen LogP contribution in [-0.4, -0.2) is 30.3 Å². The van der Waals surface area contributed by atoms with Gasteiger partial charge in [0.25, 0.3) is 5.56 Å². The number of carbonyl (C=O) groups is 1. The molecule has 144 valence electrons. The van der Waals surface area contributed by atoms with Gasteiger partial charge in [-0.25, -0.2) is 9.48 Å². The molecule has 0 saturated heterocycles. The molecule has 2 aliphatic carbocycles. The lowest BCUT2D eigenvalue weighted by Gasteiger charge is -2.53. The zero-order valence-electron chi connectivity index (χ0n) is 15.4. The van der Waals surface area contributed by atoms with E-state index in [1.54, 1.807) is 6.20 Å². The van der Waals surface area contributed by atoms with Crippen LogP contribution < -0.4 is 17.0 Å². The van der Waals surface area contributed by atoms with E-state index in [0.717, 1.165) is 18.5 Å². The molecule has 2 aromatic heterocycles. The minimum Gasteiger partial charge on any atom is -0.384 e. The molecule has 3 N–H and O–H groups in total. The van der Waals surface area contributed by atoms with Gasteiger partial charge in [0.1, 0.15) is 17.9 Å². The Morgan fingerprint density at radius 3 is 2.74 bits per heavy atom. The van der Waals surface area contributed by atoms with Gasteiger partial charge < -0.3 is 5.73 Å². The largest absolute Gasteiger partial charge is 0.384 e. The van der Waals surface area contributed by atoms with E-state index in [9.17, 15) is 14.4 Å². The first kappa shape index (κ1) is 17.7. The van der Waals surface area contributed by atoms with Crippen molar-refractivity contribution in [1.82, 2.24) is 24.5 Å². The predicted molar refractivity (Wildman–Crippen MR) is 98.6 cm³/mol. The van der Waals surface area contributed by atoms with Crippen LogP contribution in [0.2, 0.25) is 0 Å². The van der Waals surface area contributed by atoms with E-state index in [2.05, 4.69) is 15.3 Å². The molecule has 4 rings (SSSR count). The molecule has 27 heavy (non-hydrogen) atoms. The second-order valence-corrected chi connectivity index (χ2v) is 7.89. The lowest BCUT2D eigenvalue weighted by atomic mass is 9.51. The van der Waals surface area contributed by atoms with Crippen LogP contribution >= 0.6 is 0 Å². The van der Waals surface area contributed by atoms with Crippen molar-refractivity contribution < 1.29 is 4.79 Å². The number of carbonyl (C=O) groups excluding carboxylic acids is 1. The Balaban J connectivity index is 1.51. The van der Waals surface area contributed by atoms with Crippen molar-refractivity contribution in [3.8, 4) is 0 Å². The molecule has 0 amide bonds. The number of nitrogens with one attached hydrogen (secondary N) is 1. The highest BCUT2D eigenvalue weighted by Gasteiger charge is 2.49. The molecule has 0 bridgehead atoms. The van der Waals surface area contributed by atoms with Gasteiger partial charge in [0, 0.05) is 18.7 Å². The van der Waals surface area contributed by atoms with Crippen molar-refractivity contribution in [3.05, 3.63) is 38.3 Å². The fourth-order valence-corrected chi connectivity index (χ4v) is 4.39. The van der Waals surface area contributed by atoms with E-state index in [4.69, 9.17) is 5.73 Å². The standard InChI is InChI=1S/C18H24N6O3/c1-2-6-24-15(19)14(16(26)20-17(24)27)13(25)10-23-9-12(21-22-23)11-7-18(8-11)4-3-5-18/h9,11H,2-8,10,19H2,1H3,(H,20,26,27). The van der Waals surface area contributed by atoms with Crippen LogP contribution in [0.1, 0.15) is 67.4 Å². The van der Waals surface area contributed by atoms with E-state index in [0.29, 0.717) is 24.3 Å². The van der Waals surface area contributed by atoms with Gasteiger partial charge in [-0.05, 0) is 37.5 Å². The average molecular weight is 372 g/mol. The fourth-order valence-electron chi connectivity index (χ4n) is 4.39. The van der Waals surface area contributed by atoms with E-state index in [1.165, 1.54) is 28.5 Å². The SMILES string of the molecule is CCCn1c(N)c(C(=O)Cn2cc(C3CC4(CCC4)C3)nn2)c(=O)[nH]c1=O. The van der Waals surface area contributed by atoms with Crippen molar-refractivity contribution in [1.29, 1.82) is 0 Å². The quantitative estimate of drug-likeness (QED) is 0.729. The third-order valence-electron chi connectivity index (χ3n) is 6.02. The van der Waals surface area contributed by atoms with Gasteiger partial charge in [-0.15, -0.1) is 5.10 Å². The molecule has 2 aromatic rings. The summed E-state index contributed by atoms with van der Waals surface area (Å²) in [6, 6.07) is 0. The Labute approximate surface area is 155 Å². The number of nitrogen functional groups attached to an aromatic ring is 1. The zero-order chi connectivity index (χ0) is 19.2. The van der Waals surface area contributed by atoms with Crippen LogP contribution in [0, 0.1) is 5.41 Å². The third-order valence-corrected chi connectivity index (χ3v) is 6.02. The number of H-pyrrole nitrogens is 1. The van der Waals surface area contributed by atoms with Gasteiger partial charge in [0.05, 0.1) is 5.69 Å². The summed E-state index contributed by atoms with van der Waals surface area (Å²) in [4.78, 5) is 38.8. The van der Waals surface area contributed by atoms with Crippen molar-refractivity contribution in [2.24, 2.45) is 5.41 Å². The minimum atomic E-state index is -0.763. The Bertz CT molecular complexity index is 989. The molecule has 2 heterocycles. The summed E-state index contributed by atoms with van der Waals surface area (Å²) in [7, 11) is 0. The number of anilines is 1. The number of aromatic amines is 1. The van der Waals surface area contributed by atoms with Crippen molar-refractivity contribution in [3.63, 3.8) is 0 Å². The first-order chi connectivity index (χ1) is 12.9. The third kappa shape index (κ3) is 3.00. The number of ketones is 1. The van der Waals surface area contributed by atoms with Gasteiger partial charge in [-0.2, -0.15) is 0 Å². The molecule has 2 fully saturated rings. The highest BCUT2D eigenvalue weighted by atomic mass is 16.2. The van der Waals surface area contributed by atoms with E-state index in [1.807, 2.05) is 6.92 Å². The van der Waals surface area contributed by atoms with Crippen LogP contribution in [0.4, 0.5) is 5.82 Å². The van der Waals surface area contributed by atoms with Crippen molar-refractivity contribution >= 4 is 11.6 Å². The van der Waals surface area contributed by atoms with Crippen LogP contribution in [0.15, 0.2) is 15.8 Å². The number of Topliss-reactive ketones (excluding diaryl/α,β-unsaturated/α-hetero) is 1. The Hall–Kier alpha value is -2.71. The Morgan fingerprint density at radius 1 is 1.37 bits per heavy atom. The smallest absolute Gasteiger partial charge is 0.329 e. The molecule has 2 aliphatic rings. The summed E-state index contributed by atoms with van der Waals surface area (Å²) < 4.78 is 2.66. The Morgan fingerprint density at radius 2 is 2.11 bits per heavy atom.